The standard InChI is InChI=1S/C9H18ClN3O2/c1-12(2)5-4-11-8(14)7-13(3)9(15)6-10/h4-7H2,1-3H3,(H,11,14). The highest BCUT2D eigenvalue weighted by molar-refractivity contribution is 6.27. The Morgan fingerprint density at radius 3 is 2.33 bits per heavy atom. The number of nitrogens with one attached hydrogen (secondary N) is 1. The molecule has 15 heavy (non-hydrogen) atoms. The monoisotopic (exact) mass is 235 g/mol. The molecule has 0 aromatic heterocycles. The first kappa shape index (κ1) is 14.2. The van der Waals surface area contributed by atoms with Gasteiger partial charge in [0.2, 0.25) is 11.8 Å². The second-order valence-electron chi connectivity index (χ2n) is 3.54. The molecular weight excluding hydrogens is 218 g/mol. The molecule has 2 amide bonds. The Morgan fingerprint density at radius 1 is 1.27 bits per heavy atom. The Labute approximate surface area is 95.4 Å². The van der Waals surface area contributed by atoms with Gasteiger partial charge >= 0.3 is 0 Å². The normalized spacial score (nSPS) is 10.2. The van der Waals surface area contributed by atoms with E-state index in [0.717, 1.165) is 6.54 Å². The quantitative estimate of drug-likeness (QED) is 0.624. The van der Waals surface area contributed by atoms with Crippen LogP contribution in [0.3, 0.4) is 0 Å². The lowest BCUT2D eigenvalue weighted by atomic mass is 10.4. The zero-order chi connectivity index (χ0) is 11.8. The molecule has 0 aromatic rings. The number of halogens is 1. The van der Waals surface area contributed by atoms with Gasteiger partial charge in [-0.1, -0.05) is 0 Å². The van der Waals surface area contributed by atoms with Crippen LogP contribution in [0.25, 0.3) is 0 Å². The van der Waals surface area contributed by atoms with Gasteiger partial charge in [0.25, 0.3) is 0 Å². The maximum atomic E-state index is 11.3. The molecule has 0 radical (unpaired) electrons. The highest BCUT2D eigenvalue weighted by Gasteiger charge is 2.10. The van der Waals surface area contributed by atoms with Crippen molar-refractivity contribution < 1.29 is 9.59 Å². The van der Waals surface area contributed by atoms with Gasteiger partial charge < -0.3 is 15.1 Å². The fourth-order valence-electron chi connectivity index (χ4n) is 0.880. The smallest absolute Gasteiger partial charge is 0.239 e. The second-order valence-corrected chi connectivity index (χ2v) is 3.80. The largest absolute Gasteiger partial charge is 0.353 e. The van der Waals surface area contributed by atoms with E-state index in [1.807, 2.05) is 19.0 Å². The summed E-state index contributed by atoms with van der Waals surface area (Å²) in [7, 11) is 5.40. The van der Waals surface area contributed by atoms with Crippen molar-refractivity contribution in [3.8, 4) is 0 Å². The number of alkyl halides is 1. The van der Waals surface area contributed by atoms with Gasteiger partial charge in [-0.3, -0.25) is 9.59 Å². The van der Waals surface area contributed by atoms with E-state index in [4.69, 9.17) is 11.6 Å². The maximum absolute atomic E-state index is 11.3. The minimum Gasteiger partial charge on any atom is -0.353 e. The average Bonchev–Trinajstić information content (AvgIpc) is 2.15. The van der Waals surface area contributed by atoms with Crippen LogP contribution in [0.1, 0.15) is 0 Å². The molecule has 88 valence electrons. The number of likely N-dealkylation sites (N-methyl/N-ethyl adjacent to an activating group) is 2. The summed E-state index contributed by atoms with van der Waals surface area (Å²) in [5.41, 5.74) is 0. The predicted octanol–water partition coefficient (Wildman–Crippen LogP) is -0.639. The fraction of sp³-hybridized carbons (Fsp3) is 0.778. The summed E-state index contributed by atoms with van der Waals surface area (Å²) in [6.07, 6.45) is 0. The maximum Gasteiger partial charge on any atom is 0.239 e. The van der Waals surface area contributed by atoms with Gasteiger partial charge in [-0.2, -0.15) is 0 Å². The fourth-order valence-corrected chi connectivity index (χ4v) is 1.08. The first-order valence-electron chi connectivity index (χ1n) is 4.68. The van der Waals surface area contributed by atoms with E-state index in [9.17, 15) is 9.59 Å². The molecule has 0 unspecified atom stereocenters. The Kier molecular flexibility index (Phi) is 7.07. The number of hydrogen-bond acceptors (Lipinski definition) is 3. The highest BCUT2D eigenvalue weighted by atomic mass is 35.5. The number of carbonyl (C=O) groups is 2. The van der Waals surface area contributed by atoms with Crippen LogP contribution >= 0.6 is 11.6 Å². The third-order valence-electron chi connectivity index (χ3n) is 1.80. The molecule has 0 saturated carbocycles. The summed E-state index contributed by atoms with van der Waals surface area (Å²) >= 11 is 5.35. The van der Waals surface area contributed by atoms with Crippen molar-refractivity contribution in [3.05, 3.63) is 0 Å². The number of rotatable bonds is 6. The highest BCUT2D eigenvalue weighted by Crippen LogP contribution is 1.87. The lowest BCUT2D eigenvalue weighted by Crippen LogP contribution is -2.40. The Morgan fingerprint density at radius 2 is 1.87 bits per heavy atom. The van der Waals surface area contributed by atoms with E-state index >= 15 is 0 Å². The molecule has 6 heteroatoms. The second kappa shape index (κ2) is 7.48. The summed E-state index contributed by atoms with van der Waals surface area (Å²) in [6, 6.07) is 0. The molecule has 0 spiro atoms. The van der Waals surface area contributed by atoms with Crippen molar-refractivity contribution in [3.63, 3.8) is 0 Å². The molecule has 0 fully saturated rings. The molecule has 1 N–H and O–H groups in total. The molecule has 0 aliphatic heterocycles. The molecule has 0 aromatic carbocycles. The van der Waals surface area contributed by atoms with Crippen molar-refractivity contribution in [1.82, 2.24) is 15.1 Å². The molecule has 0 bridgehead atoms. The molecule has 0 rings (SSSR count). The zero-order valence-corrected chi connectivity index (χ0v) is 10.2. The van der Waals surface area contributed by atoms with Crippen LogP contribution in [0.15, 0.2) is 0 Å². The van der Waals surface area contributed by atoms with Crippen LogP contribution in [-0.4, -0.2) is 68.3 Å². The number of amides is 2. The van der Waals surface area contributed by atoms with Crippen LogP contribution in [-0.2, 0) is 9.59 Å². The molecule has 0 aliphatic rings. The molecule has 0 heterocycles. The van der Waals surface area contributed by atoms with Gasteiger partial charge in [-0.15, -0.1) is 11.6 Å². The van der Waals surface area contributed by atoms with Crippen molar-refractivity contribution in [2.75, 3.05) is 46.7 Å². The van der Waals surface area contributed by atoms with Gasteiger partial charge in [0.1, 0.15) is 5.88 Å². The van der Waals surface area contributed by atoms with Crippen molar-refractivity contribution >= 4 is 23.4 Å². The Hall–Kier alpha value is -0.810. The number of hydrogen-bond donors (Lipinski definition) is 1. The van der Waals surface area contributed by atoms with Crippen LogP contribution < -0.4 is 5.32 Å². The number of carbonyl (C=O) groups excluding carboxylic acids is 2. The van der Waals surface area contributed by atoms with E-state index in [0.29, 0.717) is 6.54 Å². The summed E-state index contributed by atoms with van der Waals surface area (Å²) in [6.45, 7) is 1.41. The van der Waals surface area contributed by atoms with Crippen LogP contribution in [0.2, 0.25) is 0 Å². The predicted molar refractivity (Wildman–Crippen MR) is 59.9 cm³/mol. The first-order chi connectivity index (χ1) is 6.97. The minimum atomic E-state index is -0.251. The van der Waals surface area contributed by atoms with E-state index in [2.05, 4.69) is 5.32 Å². The minimum absolute atomic E-state index is 0.0545. The van der Waals surface area contributed by atoms with Crippen LogP contribution in [0, 0.1) is 0 Å². The summed E-state index contributed by atoms with van der Waals surface area (Å²) in [5.74, 6) is -0.515. The Balaban J connectivity index is 3.69. The van der Waals surface area contributed by atoms with E-state index in [1.54, 1.807) is 7.05 Å². The van der Waals surface area contributed by atoms with Crippen molar-refractivity contribution in [2.24, 2.45) is 0 Å². The SMILES string of the molecule is CN(C)CCNC(=O)CN(C)C(=O)CCl. The van der Waals surface area contributed by atoms with E-state index in [1.165, 1.54) is 4.90 Å². The summed E-state index contributed by atoms with van der Waals surface area (Å²) in [4.78, 5) is 25.6. The van der Waals surface area contributed by atoms with Gasteiger partial charge in [0, 0.05) is 20.1 Å². The average molecular weight is 236 g/mol. The molecule has 5 nitrogen and oxygen atoms in total. The van der Waals surface area contributed by atoms with Gasteiger partial charge in [-0.25, -0.2) is 0 Å². The van der Waals surface area contributed by atoms with Crippen molar-refractivity contribution in [1.29, 1.82) is 0 Å². The lowest BCUT2D eigenvalue weighted by Gasteiger charge is -2.16. The third kappa shape index (κ3) is 7.16. The zero-order valence-electron chi connectivity index (χ0n) is 9.42. The lowest BCUT2D eigenvalue weighted by molar-refractivity contribution is -0.132. The van der Waals surface area contributed by atoms with Crippen LogP contribution in [0.4, 0.5) is 0 Å². The van der Waals surface area contributed by atoms with Gasteiger partial charge in [0.05, 0.1) is 6.54 Å². The molecular formula is C9H18ClN3O2. The van der Waals surface area contributed by atoms with Crippen molar-refractivity contribution in [2.45, 2.75) is 0 Å². The molecule has 0 aliphatic carbocycles. The molecule has 0 atom stereocenters. The number of nitrogens with zero attached hydrogens (tertiary/aromatic N) is 2. The Bertz CT molecular complexity index is 221. The van der Waals surface area contributed by atoms with Gasteiger partial charge in [0.15, 0.2) is 0 Å². The third-order valence-corrected chi connectivity index (χ3v) is 2.03. The van der Waals surface area contributed by atoms with E-state index < -0.39 is 0 Å². The first-order valence-corrected chi connectivity index (χ1v) is 5.22. The topological polar surface area (TPSA) is 52.7 Å². The summed E-state index contributed by atoms with van der Waals surface area (Å²) in [5, 5.41) is 2.71. The summed E-state index contributed by atoms with van der Waals surface area (Å²) < 4.78 is 0. The van der Waals surface area contributed by atoms with Crippen LogP contribution in [0.5, 0.6) is 0 Å². The molecule has 0 saturated heterocycles. The van der Waals surface area contributed by atoms with E-state index in [-0.39, 0.29) is 24.2 Å². The van der Waals surface area contributed by atoms with Gasteiger partial charge in [-0.05, 0) is 14.1 Å².